The van der Waals surface area contributed by atoms with Crippen molar-refractivity contribution in [1.82, 2.24) is 0 Å². The topological polar surface area (TPSA) is 38.3 Å². The molecule has 5 heteroatoms. The highest BCUT2D eigenvalue weighted by molar-refractivity contribution is 6.31. The predicted octanol–water partition coefficient (Wildman–Crippen LogP) is 4.58. The maximum absolute atomic E-state index is 13.1. The van der Waals surface area contributed by atoms with Gasteiger partial charge in [0.25, 0.3) is 5.91 Å². The highest BCUT2D eigenvalue weighted by atomic mass is 35.5. The fourth-order valence-electron chi connectivity index (χ4n) is 1.97. The third-order valence-electron chi connectivity index (χ3n) is 3.16. The maximum Gasteiger partial charge on any atom is 0.265 e. The second-order valence-corrected chi connectivity index (χ2v) is 5.33. The molecular formula is C17H17ClFNO2. The molecule has 1 amide bonds. The standard InChI is InChI=1S/C17H17ClFNO2/c1-3-16(22-14-7-8-15(18)11(2)9-14)17(21)20-13-6-4-5-12(19)10-13/h4-10,16H,3H2,1-2H3,(H,20,21). The van der Waals surface area contributed by atoms with E-state index in [2.05, 4.69) is 5.32 Å². The average molecular weight is 322 g/mol. The molecule has 22 heavy (non-hydrogen) atoms. The number of nitrogens with one attached hydrogen (secondary N) is 1. The lowest BCUT2D eigenvalue weighted by Crippen LogP contribution is -2.32. The summed E-state index contributed by atoms with van der Waals surface area (Å²) < 4.78 is 18.8. The number of benzene rings is 2. The molecular weight excluding hydrogens is 305 g/mol. The Kier molecular flexibility index (Phi) is 5.39. The van der Waals surface area contributed by atoms with Crippen molar-refractivity contribution in [1.29, 1.82) is 0 Å². The van der Waals surface area contributed by atoms with Gasteiger partial charge in [-0.2, -0.15) is 0 Å². The summed E-state index contributed by atoms with van der Waals surface area (Å²) in [6.45, 7) is 3.71. The minimum absolute atomic E-state index is 0.319. The second-order valence-electron chi connectivity index (χ2n) is 4.93. The average Bonchev–Trinajstić information content (AvgIpc) is 2.48. The van der Waals surface area contributed by atoms with Gasteiger partial charge in [0.1, 0.15) is 11.6 Å². The molecule has 1 unspecified atom stereocenters. The van der Waals surface area contributed by atoms with Crippen molar-refractivity contribution >= 4 is 23.2 Å². The van der Waals surface area contributed by atoms with Crippen molar-refractivity contribution in [3.63, 3.8) is 0 Å². The summed E-state index contributed by atoms with van der Waals surface area (Å²) in [5.74, 6) is -0.149. The van der Waals surface area contributed by atoms with E-state index in [1.807, 2.05) is 13.8 Å². The number of carbonyl (C=O) groups excluding carboxylic acids is 1. The number of carbonyl (C=O) groups is 1. The van der Waals surface area contributed by atoms with Crippen molar-refractivity contribution in [2.75, 3.05) is 5.32 Å². The summed E-state index contributed by atoms with van der Waals surface area (Å²) in [6.07, 6.45) is -0.174. The number of ether oxygens (including phenoxy) is 1. The lowest BCUT2D eigenvalue weighted by molar-refractivity contribution is -0.122. The number of amides is 1. The zero-order valence-corrected chi connectivity index (χ0v) is 13.2. The van der Waals surface area contributed by atoms with Gasteiger partial charge in [0.2, 0.25) is 0 Å². The van der Waals surface area contributed by atoms with E-state index in [4.69, 9.17) is 16.3 Å². The number of hydrogen-bond acceptors (Lipinski definition) is 2. The van der Waals surface area contributed by atoms with Gasteiger partial charge in [-0.05, 0) is 55.3 Å². The third kappa shape index (κ3) is 4.21. The van der Waals surface area contributed by atoms with Crippen LogP contribution in [-0.2, 0) is 4.79 Å². The first-order chi connectivity index (χ1) is 10.5. The van der Waals surface area contributed by atoms with Crippen LogP contribution >= 0.6 is 11.6 Å². The molecule has 2 aromatic rings. The predicted molar refractivity (Wildman–Crippen MR) is 85.9 cm³/mol. The van der Waals surface area contributed by atoms with Crippen molar-refractivity contribution in [3.8, 4) is 5.75 Å². The largest absolute Gasteiger partial charge is 0.481 e. The molecule has 0 aliphatic heterocycles. The van der Waals surface area contributed by atoms with Crippen LogP contribution in [0.25, 0.3) is 0 Å². The zero-order valence-electron chi connectivity index (χ0n) is 12.4. The first-order valence-electron chi connectivity index (χ1n) is 6.99. The summed E-state index contributed by atoms with van der Waals surface area (Å²) >= 11 is 5.97. The fraction of sp³-hybridized carbons (Fsp3) is 0.235. The quantitative estimate of drug-likeness (QED) is 0.875. The van der Waals surface area contributed by atoms with E-state index in [1.165, 1.54) is 18.2 Å². The smallest absolute Gasteiger partial charge is 0.265 e. The van der Waals surface area contributed by atoms with E-state index < -0.39 is 11.9 Å². The molecule has 0 fully saturated rings. The van der Waals surface area contributed by atoms with Gasteiger partial charge < -0.3 is 10.1 Å². The first kappa shape index (κ1) is 16.3. The van der Waals surface area contributed by atoms with Crippen LogP contribution in [0, 0.1) is 12.7 Å². The van der Waals surface area contributed by atoms with Gasteiger partial charge in [-0.25, -0.2) is 4.39 Å². The molecule has 0 spiro atoms. The number of rotatable bonds is 5. The van der Waals surface area contributed by atoms with Gasteiger partial charge >= 0.3 is 0 Å². The van der Waals surface area contributed by atoms with E-state index in [1.54, 1.807) is 24.3 Å². The second kappa shape index (κ2) is 7.27. The minimum atomic E-state index is -0.663. The summed E-state index contributed by atoms with van der Waals surface area (Å²) in [4.78, 5) is 12.2. The molecule has 2 rings (SSSR count). The molecule has 2 aromatic carbocycles. The number of halogens is 2. The minimum Gasteiger partial charge on any atom is -0.481 e. The highest BCUT2D eigenvalue weighted by Crippen LogP contribution is 2.22. The Bertz CT molecular complexity index is 675. The highest BCUT2D eigenvalue weighted by Gasteiger charge is 2.19. The Hall–Kier alpha value is -2.07. The number of hydrogen-bond donors (Lipinski definition) is 1. The SMILES string of the molecule is CCC(Oc1ccc(Cl)c(C)c1)C(=O)Nc1cccc(F)c1. The lowest BCUT2D eigenvalue weighted by atomic mass is 10.2. The van der Waals surface area contributed by atoms with Crippen LogP contribution in [0.2, 0.25) is 5.02 Å². The molecule has 0 saturated carbocycles. The van der Waals surface area contributed by atoms with Crippen LogP contribution in [0.4, 0.5) is 10.1 Å². The van der Waals surface area contributed by atoms with Gasteiger partial charge in [0, 0.05) is 10.7 Å². The molecule has 3 nitrogen and oxygen atoms in total. The summed E-state index contributed by atoms with van der Waals surface area (Å²) in [5.41, 5.74) is 1.28. The van der Waals surface area contributed by atoms with Gasteiger partial charge in [-0.1, -0.05) is 24.6 Å². The van der Waals surface area contributed by atoms with Crippen LogP contribution in [0.1, 0.15) is 18.9 Å². The Morgan fingerprint density at radius 2 is 2.09 bits per heavy atom. The fourth-order valence-corrected chi connectivity index (χ4v) is 2.08. The molecule has 0 heterocycles. The van der Waals surface area contributed by atoms with E-state index >= 15 is 0 Å². The normalized spacial score (nSPS) is 11.8. The molecule has 116 valence electrons. The molecule has 0 aromatic heterocycles. The van der Waals surface area contributed by atoms with Crippen molar-refractivity contribution in [2.24, 2.45) is 0 Å². The van der Waals surface area contributed by atoms with Crippen LogP contribution in [0.3, 0.4) is 0 Å². The van der Waals surface area contributed by atoms with Crippen molar-refractivity contribution < 1.29 is 13.9 Å². The Labute approximate surface area is 134 Å². The molecule has 0 aliphatic rings. The Balaban J connectivity index is 2.07. The molecule has 0 aliphatic carbocycles. The van der Waals surface area contributed by atoms with Crippen LogP contribution < -0.4 is 10.1 Å². The maximum atomic E-state index is 13.1. The lowest BCUT2D eigenvalue weighted by Gasteiger charge is -2.18. The molecule has 0 saturated heterocycles. The van der Waals surface area contributed by atoms with Gasteiger partial charge in [0.05, 0.1) is 0 Å². The van der Waals surface area contributed by atoms with E-state index in [-0.39, 0.29) is 5.91 Å². The van der Waals surface area contributed by atoms with Gasteiger partial charge in [-0.3, -0.25) is 4.79 Å². The van der Waals surface area contributed by atoms with E-state index in [0.29, 0.717) is 22.9 Å². The number of anilines is 1. The van der Waals surface area contributed by atoms with Crippen LogP contribution in [0.15, 0.2) is 42.5 Å². The van der Waals surface area contributed by atoms with Gasteiger partial charge in [-0.15, -0.1) is 0 Å². The van der Waals surface area contributed by atoms with E-state index in [0.717, 1.165) is 5.56 Å². The number of aryl methyl sites for hydroxylation is 1. The van der Waals surface area contributed by atoms with Crippen molar-refractivity contribution in [2.45, 2.75) is 26.4 Å². The zero-order chi connectivity index (χ0) is 16.1. The summed E-state index contributed by atoms with van der Waals surface area (Å²) in [7, 11) is 0. The Morgan fingerprint density at radius 3 is 2.73 bits per heavy atom. The van der Waals surface area contributed by atoms with E-state index in [9.17, 15) is 9.18 Å². The molecule has 0 bridgehead atoms. The summed E-state index contributed by atoms with van der Waals surface area (Å²) in [5, 5.41) is 3.29. The molecule has 1 atom stereocenters. The third-order valence-corrected chi connectivity index (χ3v) is 3.59. The first-order valence-corrected chi connectivity index (χ1v) is 7.36. The molecule has 1 N–H and O–H groups in total. The van der Waals surface area contributed by atoms with Crippen LogP contribution in [-0.4, -0.2) is 12.0 Å². The van der Waals surface area contributed by atoms with Crippen molar-refractivity contribution in [3.05, 3.63) is 58.9 Å². The van der Waals surface area contributed by atoms with Crippen LogP contribution in [0.5, 0.6) is 5.75 Å². The summed E-state index contributed by atoms with van der Waals surface area (Å²) in [6, 6.07) is 11.0. The monoisotopic (exact) mass is 321 g/mol. The Morgan fingerprint density at radius 1 is 1.32 bits per heavy atom. The molecule has 0 radical (unpaired) electrons. The van der Waals surface area contributed by atoms with Gasteiger partial charge in [0.15, 0.2) is 6.10 Å².